The van der Waals surface area contributed by atoms with Crippen LogP contribution in [0.4, 0.5) is 10.1 Å². The van der Waals surface area contributed by atoms with Crippen LogP contribution in [-0.2, 0) is 32.1 Å². The van der Waals surface area contributed by atoms with E-state index in [2.05, 4.69) is 5.32 Å². The quantitative estimate of drug-likeness (QED) is 0.220. The summed E-state index contributed by atoms with van der Waals surface area (Å²) in [6.07, 6.45) is -0.346. The van der Waals surface area contributed by atoms with E-state index in [1.165, 1.54) is 19.0 Å². The molecule has 2 amide bonds. The van der Waals surface area contributed by atoms with Gasteiger partial charge in [0.05, 0.1) is 23.3 Å². The number of likely N-dealkylation sites (N-methyl/N-ethyl adjacent to an activating group) is 2. The summed E-state index contributed by atoms with van der Waals surface area (Å²) >= 11 is 0. The Hall–Kier alpha value is -3.81. The standard InChI is InChI=1S/C28H33FN4O8/c1-9(2)19-27(40)31-18-12(8-33(19)5)17(29)11-6-10-7-13-20(32(3)4)23(36)16(26(30)39)25(38)28(13,41)24(37)14(10)21(34)15(11)22(18)35/h9-10,13,19-20,34-35,38,41H,6-8H2,1-5H3,(H2,30,39)(H,31,40)/t10?,13-,19-,20-,28-/m0/s1. The maximum Gasteiger partial charge on any atom is 0.255 e. The number of phenols is 1. The molecule has 5 atom stereocenters. The van der Waals surface area contributed by atoms with Gasteiger partial charge in [-0.15, -0.1) is 0 Å². The maximum absolute atomic E-state index is 16.2. The molecular formula is C28H33FN4O8. The number of nitrogens with two attached hydrogens (primary N) is 1. The Kier molecular flexibility index (Phi) is 6.56. The van der Waals surface area contributed by atoms with Crippen molar-refractivity contribution in [1.82, 2.24) is 9.80 Å². The van der Waals surface area contributed by atoms with Gasteiger partial charge in [0.1, 0.15) is 22.9 Å². The summed E-state index contributed by atoms with van der Waals surface area (Å²) < 4.78 is 16.2. The fraction of sp³-hybridized carbons (Fsp3) is 0.500. The lowest BCUT2D eigenvalue weighted by atomic mass is 9.57. The molecule has 1 fully saturated rings. The van der Waals surface area contributed by atoms with E-state index in [-0.39, 0.29) is 42.1 Å². The van der Waals surface area contributed by atoms with Crippen molar-refractivity contribution < 1.29 is 44.0 Å². The summed E-state index contributed by atoms with van der Waals surface area (Å²) in [5.74, 6) is -9.67. The molecule has 5 rings (SSSR count). The molecule has 1 heterocycles. The second kappa shape index (κ2) is 9.36. The predicted octanol–water partition coefficient (Wildman–Crippen LogP) is 0.512. The number of benzene rings is 1. The fourth-order valence-electron chi connectivity index (χ4n) is 7.23. The number of rotatable bonds is 3. The van der Waals surface area contributed by atoms with Crippen molar-refractivity contribution in [3.63, 3.8) is 0 Å². The summed E-state index contributed by atoms with van der Waals surface area (Å²) in [5.41, 5.74) is 0.493. The molecule has 1 aromatic carbocycles. The van der Waals surface area contributed by atoms with Crippen LogP contribution in [0.2, 0.25) is 0 Å². The molecular weight excluding hydrogens is 539 g/mol. The highest BCUT2D eigenvalue weighted by molar-refractivity contribution is 6.24. The molecule has 13 heteroatoms. The normalized spacial score (nSPS) is 30.1. The third kappa shape index (κ3) is 3.75. The number of fused-ring (bicyclic) bond motifs is 4. The number of Topliss-reactive ketones (excluding diaryl/α,β-unsaturated/α-hetero) is 2. The van der Waals surface area contributed by atoms with E-state index in [0.717, 1.165) is 0 Å². The van der Waals surface area contributed by atoms with Gasteiger partial charge in [-0.1, -0.05) is 13.8 Å². The molecule has 0 saturated heterocycles. The van der Waals surface area contributed by atoms with E-state index in [0.29, 0.717) is 0 Å². The Morgan fingerprint density at radius 3 is 2.37 bits per heavy atom. The number of primary amides is 1. The SMILES string of the molecule is CC(C)[C@H]1C(=O)Nc2c(O)c3c(c(F)c2CN1C)CC1C[C@H]2[C@H](N(C)C)C(=O)C(C(N)=O)=C(O)[C@@]2(O)C(=O)C1=C3O. The monoisotopic (exact) mass is 572 g/mol. The highest BCUT2D eigenvalue weighted by Crippen LogP contribution is 2.54. The smallest absolute Gasteiger partial charge is 0.255 e. The molecule has 220 valence electrons. The van der Waals surface area contributed by atoms with Crippen LogP contribution in [-0.4, -0.2) is 92.4 Å². The van der Waals surface area contributed by atoms with Gasteiger partial charge in [0.15, 0.2) is 17.1 Å². The summed E-state index contributed by atoms with van der Waals surface area (Å²) in [5, 5.41) is 47.9. The van der Waals surface area contributed by atoms with Crippen molar-refractivity contribution in [3.05, 3.63) is 39.4 Å². The van der Waals surface area contributed by atoms with Gasteiger partial charge in [-0.2, -0.15) is 0 Å². The average molecular weight is 573 g/mol. The zero-order valence-electron chi connectivity index (χ0n) is 23.3. The van der Waals surface area contributed by atoms with Gasteiger partial charge in [-0.05, 0) is 45.8 Å². The molecule has 0 spiro atoms. The van der Waals surface area contributed by atoms with E-state index < -0.39 is 92.7 Å². The summed E-state index contributed by atoms with van der Waals surface area (Å²) in [6.45, 7) is 3.63. The number of amides is 2. The number of halogens is 1. The summed E-state index contributed by atoms with van der Waals surface area (Å²) in [6, 6.07) is -1.88. The molecule has 1 saturated carbocycles. The molecule has 4 aliphatic rings. The summed E-state index contributed by atoms with van der Waals surface area (Å²) in [7, 11) is 4.65. The first-order chi connectivity index (χ1) is 19.0. The van der Waals surface area contributed by atoms with E-state index in [4.69, 9.17) is 5.73 Å². The van der Waals surface area contributed by atoms with Gasteiger partial charge in [-0.25, -0.2) is 4.39 Å². The van der Waals surface area contributed by atoms with Gasteiger partial charge >= 0.3 is 0 Å². The lowest BCUT2D eigenvalue weighted by Crippen LogP contribution is -2.65. The first kappa shape index (κ1) is 28.7. The number of ketones is 2. The number of carbonyl (C=O) groups excluding carboxylic acids is 4. The Morgan fingerprint density at radius 2 is 1.80 bits per heavy atom. The third-order valence-electron chi connectivity index (χ3n) is 8.95. The number of aliphatic hydroxyl groups excluding tert-OH is 2. The molecule has 1 unspecified atom stereocenters. The Bertz CT molecular complexity index is 1500. The Labute approximate surface area is 234 Å². The topological polar surface area (TPSA) is 194 Å². The van der Waals surface area contributed by atoms with Crippen molar-refractivity contribution in [3.8, 4) is 5.75 Å². The number of nitrogens with one attached hydrogen (secondary N) is 1. The zero-order chi connectivity index (χ0) is 30.5. The van der Waals surface area contributed by atoms with E-state index >= 15 is 4.39 Å². The summed E-state index contributed by atoms with van der Waals surface area (Å²) in [4.78, 5) is 55.3. The number of hydrogen-bond donors (Lipinski definition) is 6. The second-order valence-electron chi connectivity index (χ2n) is 11.9. The first-order valence-electron chi connectivity index (χ1n) is 13.3. The van der Waals surface area contributed by atoms with Crippen molar-refractivity contribution in [1.29, 1.82) is 0 Å². The van der Waals surface area contributed by atoms with Gasteiger partial charge in [0.25, 0.3) is 5.91 Å². The second-order valence-corrected chi connectivity index (χ2v) is 11.9. The van der Waals surface area contributed by atoms with Gasteiger partial charge < -0.3 is 31.5 Å². The highest BCUT2D eigenvalue weighted by Gasteiger charge is 2.64. The van der Waals surface area contributed by atoms with Crippen molar-refractivity contribution in [2.24, 2.45) is 23.5 Å². The Balaban J connectivity index is 1.72. The van der Waals surface area contributed by atoms with Crippen molar-refractivity contribution >= 4 is 34.8 Å². The van der Waals surface area contributed by atoms with Crippen LogP contribution in [0.1, 0.15) is 37.0 Å². The molecule has 1 aliphatic heterocycles. The number of anilines is 1. The molecule has 0 bridgehead atoms. The van der Waals surface area contributed by atoms with Crippen LogP contribution in [0, 0.1) is 23.6 Å². The van der Waals surface area contributed by atoms with Gasteiger partial charge in [0, 0.05) is 29.2 Å². The van der Waals surface area contributed by atoms with Crippen molar-refractivity contribution in [2.45, 2.75) is 50.9 Å². The molecule has 3 aliphatic carbocycles. The number of aromatic hydroxyl groups is 1. The molecule has 1 aromatic rings. The largest absolute Gasteiger partial charge is 0.508 e. The van der Waals surface area contributed by atoms with Crippen LogP contribution in [0.3, 0.4) is 0 Å². The lowest BCUT2D eigenvalue weighted by Gasteiger charge is -2.50. The lowest BCUT2D eigenvalue weighted by molar-refractivity contribution is -0.153. The highest BCUT2D eigenvalue weighted by atomic mass is 19.1. The molecule has 7 N–H and O–H groups in total. The van der Waals surface area contributed by atoms with Crippen LogP contribution >= 0.6 is 0 Å². The van der Waals surface area contributed by atoms with E-state index in [9.17, 15) is 39.6 Å². The van der Waals surface area contributed by atoms with E-state index in [1.807, 2.05) is 13.8 Å². The molecule has 0 radical (unpaired) electrons. The minimum atomic E-state index is -2.80. The average Bonchev–Trinajstić information content (AvgIpc) is 2.99. The number of hydrogen-bond acceptors (Lipinski definition) is 10. The Morgan fingerprint density at radius 1 is 1.17 bits per heavy atom. The molecule has 0 aromatic heterocycles. The van der Waals surface area contributed by atoms with Crippen LogP contribution in [0.15, 0.2) is 16.9 Å². The number of phenolic OH excluding ortho intramolecular Hbond substituents is 1. The number of nitrogens with zero attached hydrogens (tertiary/aromatic N) is 2. The minimum Gasteiger partial charge on any atom is -0.508 e. The minimum absolute atomic E-state index is 0.0147. The van der Waals surface area contributed by atoms with Crippen molar-refractivity contribution in [2.75, 3.05) is 26.5 Å². The molecule has 12 nitrogen and oxygen atoms in total. The van der Waals surface area contributed by atoms with Gasteiger partial charge in [0.2, 0.25) is 11.7 Å². The third-order valence-corrected chi connectivity index (χ3v) is 8.95. The number of aliphatic hydroxyl groups is 3. The zero-order valence-corrected chi connectivity index (χ0v) is 23.3. The predicted molar refractivity (Wildman–Crippen MR) is 143 cm³/mol. The van der Waals surface area contributed by atoms with Crippen LogP contribution < -0.4 is 11.1 Å². The molecule has 41 heavy (non-hydrogen) atoms. The van der Waals surface area contributed by atoms with Crippen LogP contribution in [0.25, 0.3) is 5.76 Å². The van der Waals surface area contributed by atoms with E-state index in [1.54, 1.807) is 11.9 Å². The maximum atomic E-state index is 16.2. The van der Waals surface area contributed by atoms with Crippen LogP contribution in [0.5, 0.6) is 5.75 Å². The number of carbonyl (C=O) groups is 4. The van der Waals surface area contributed by atoms with Gasteiger partial charge in [-0.3, -0.25) is 29.0 Å². The first-order valence-corrected chi connectivity index (χ1v) is 13.3. The fourth-order valence-corrected chi connectivity index (χ4v) is 7.23.